The minimum Gasteiger partial charge on any atom is -0.438 e. The highest BCUT2D eigenvalue weighted by atomic mass is 32.2. The Morgan fingerprint density at radius 2 is 1.47 bits per heavy atom. The quantitative estimate of drug-likeness (QED) is 0.458. The van der Waals surface area contributed by atoms with Crippen molar-refractivity contribution < 1.29 is 12.8 Å². The second-order valence-corrected chi connectivity index (χ2v) is 8.93. The van der Waals surface area contributed by atoms with Gasteiger partial charge in [-0.15, -0.1) is 0 Å². The van der Waals surface area contributed by atoms with Gasteiger partial charge in [0.25, 0.3) is 10.0 Å². The Balaban J connectivity index is 1.77. The molecule has 30 heavy (non-hydrogen) atoms. The van der Waals surface area contributed by atoms with Crippen molar-refractivity contribution >= 4 is 15.8 Å². The molecule has 0 radical (unpaired) electrons. The Morgan fingerprint density at radius 1 is 0.867 bits per heavy atom. The van der Waals surface area contributed by atoms with Crippen molar-refractivity contribution in [2.75, 3.05) is 4.72 Å². The average molecular weight is 419 g/mol. The number of nitrogens with one attached hydrogen (secondary N) is 1. The molecule has 0 unspecified atom stereocenters. The molecular weight excluding hydrogens is 396 g/mol. The first-order chi connectivity index (χ1) is 14.4. The maximum atomic E-state index is 12.9. The van der Waals surface area contributed by atoms with Crippen molar-refractivity contribution in [1.82, 2.24) is 4.98 Å². The minimum atomic E-state index is -3.80. The number of sulfonamides is 1. The van der Waals surface area contributed by atoms with E-state index in [1.54, 1.807) is 30.3 Å². The second-order valence-electron chi connectivity index (χ2n) is 7.24. The molecule has 0 saturated heterocycles. The number of nitrogens with zero attached hydrogens (tertiary/aromatic N) is 1. The van der Waals surface area contributed by atoms with Gasteiger partial charge in [0.15, 0.2) is 11.6 Å². The monoisotopic (exact) mass is 418 g/mol. The maximum absolute atomic E-state index is 12.9. The summed E-state index contributed by atoms with van der Waals surface area (Å²) in [6.45, 7) is 3.98. The fourth-order valence-electron chi connectivity index (χ4n) is 3.37. The van der Waals surface area contributed by atoms with Crippen molar-refractivity contribution in [3.63, 3.8) is 0 Å². The number of hydrogen-bond acceptors (Lipinski definition) is 4. The van der Waals surface area contributed by atoms with Crippen LogP contribution in [0.2, 0.25) is 0 Å². The molecule has 5 nitrogen and oxygen atoms in total. The second kappa shape index (κ2) is 8.16. The van der Waals surface area contributed by atoms with E-state index in [1.165, 1.54) is 0 Å². The smallest absolute Gasteiger partial charge is 0.263 e. The van der Waals surface area contributed by atoms with Crippen molar-refractivity contribution in [3.8, 4) is 11.3 Å². The van der Waals surface area contributed by atoms with Gasteiger partial charge in [-0.2, -0.15) is 4.98 Å². The van der Waals surface area contributed by atoms with Crippen LogP contribution in [0.3, 0.4) is 0 Å². The van der Waals surface area contributed by atoms with Crippen molar-refractivity contribution in [3.05, 3.63) is 101 Å². The fourth-order valence-corrected chi connectivity index (χ4v) is 4.39. The molecule has 1 aromatic heterocycles. The Morgan fingerprint density at radius 3 is 2.10 bits per heavy atom. The van der Waals surface area contributed by atoms with Crippen LogP contribution in [0.25, 0.3) is 11.3 Å². The average Bonchev–Trinajstić information content (AvgIpc) is 3.10. The third kappa shape index (κ3) is 4.44. The van der Waals surface area contributed by atoms with Gasteiger partial charge in [-0.1, -0.05) is 65.7 Å². The Kier molecular flexibility index (Phi) is 5.42. The highest BCUT2D eigenvalue weighted by molar-refractivity contribution is 7.92. The first-order valence-electron chi connectivity index (χ1n) is 9.61. The molecule has 0 aliphatic heterocycles. The number of oxazole rings is 1. The van der Waals surface area contributed by atoms with Gasteiger partial charge >= 0.3 is 0 Å². The first kappa shape index (κ1) is 19.9. The summed E-state index contributed by atoms with van der Waals surface area (Å²) in [5.74, 6) is 1.04. The molecule has 3 aromatic carbocycles. The molecule has 1 heterocycles. The van der Waals surface area contributed by atoms with E-state index in [0.717, 1.165) is 22.3 Å². The van der Waals surface area contributed by atoms with E-state index in [1.807, 2.05) is 56.3 Å². The lowest BCUT2D eigenvalue weighted by atomic mass is 10.1. The summed E-state index contributed by atoms with van der Waals surface area (Å²) >= 11 is 0. The Hall–Kier alpha value is -3.38. The highest BCUT2D eigenvalue weighted by Gasteiger charge is 2.22. The standard InChI is InChI=1S/C24H22N2O3S/c1-17-13-18(2)15-20(14-17)23-24(26-30(27,28)21-11-7-4-8-12-21)25-22(29-23)16-19-9-5-3-6-10-19/h3-15,26H,16H2,1-2H3. The zero-order valence-corrected chi connectivity index (χ0v) is 17.6. The van der Waals surface area contributed by atoms with E-state index in [4.69, 9.17) is 4.42 Å². The van der Waals surface area contributed by atoms with Gasteiger partial charge in [0, 0.05) is 12.0 Å². The van der Waals surface area contributed by atoms with Gasteiger partial charge in [0.1, 0.15) is 0 Å². The van der Waals surface area contributed by atoms with Gasteiger partial charge < -0.3 is 4.42 Å². The predicted molar refractivity (Wildman–Crippen MR) is 118 cm³/mol. The van der Waals surface area contributed by atoms with Crippen LogP contribution in [0.5, 0.6) is 0 Å². The molecule has 0 amide bonds. The summed E-state index contributed by atoms with van der Waals surface area (Å²) < 4.78 is 34.5. The van der Waals surface area contributed by atoms with Crippen LogP contribution in [0, 0.1) is 13.8 Å². The van der Waals surface area contributed by atoms with E-state index in [9.17, 15) is 8.42 Å². The normalized spacial score (nSPS) is 11.4. The van der Waals surface area contributed by atoms with Crippen LogP contribution in [0.15, 0.2) is 88.2 Å². The SMILES string of the molecule is Cc1cc(C)cc(-c2oc(Cc3ccccc3)nc2NS(=O)(=O)c2ccccc2)c1. The lowest BCUT2D eigenvalue weighted by molar-refractivity contribution is 0.519. The van der Waals surface area contributed by atoms with Crippen LogP contribution in [0.4, 0.5) is 5.82 Å². The maximum Gasteiger partial charge on any atom is 0.263 e. The summed E-state index contributed by atoms with van der Waals surface area (Å²) in [6.07, 6.45) is 0.464. The molecule has 0 aliphatic carbocycles. The van der Waals surface area contributed by atoms with Crippen LogP contribution in [-0.2, 0) is 16.4 Å². The minimum absolute atomic E-state index is 0.170. The number of benzene rings is 3. The summed E-state index contributed by atoms with van der Waals surface area (Å²) in [5, 5.41) is 0. The number of aryl methyl sites for hydroxylation is 2. The molecular formula is C24H22N2O3S. The molecule has 4 aromatic rings. The molecule has 0 saturated carbocycles. The van der Waals surface area contributed by atoms with Crippen molar-refractivity contribution in [2.45, 2.75) is 25.2 Å². The van der Waals surface area contributed by atoms with Gasteiger partial charge in [-0.25, -0.2) is 8.42 Å². The van der Waals surface area contributed by atoms with Gasteiger partial charge in [-0.05, 0) is 43.7 Å². The summed E-state index contributed by atoms with van der Waals surface area (Å²) in [4.78, 5) is 4.67. The lowest BCUT2D eigenvalue weighted by Crippen LogP contribution is -2.13. The van der Waals surface area contributed by atoms with Gasteiger partial charge in [-0.3, -0.25) is 4.72 Å². The molecule has 0 fully saturated rings. The van der Waals surface area contributed by atoms with E-state index in [2.05, 4.69) is 15.8 Å². The Labute approximate surface area is 176 Å². The first-order valence-corrected chi connectivity index (χ1v) is 11.1. The van der Waals surface area contributed by atoms with Crippen molar-refractivity contribution in [1.29, 1.82) is 0 Å². The number of aromatic nitrogens is 1. The van der Waals surface area contributed by atoms with Crippen LogP contribution in [-0.4, -0.2) is 13.4 Å². The number of hydrogen-bond donors (Lipinski definition) is 1. The van der Waals surface area contributed by atoms with Crippen molar-refractivity contribution in [2.24, 2.45) is 0 Å². The summed E-state index contributed by atoms with van der Waals surface area (Å²) in [5.41, 5.74) is 3.93. The van der Waals surface area contributed by atoms with E-state index in [0.29, 0.717) is 18.1 Å². The third-order valence-corrected chi connectivity index (χ3v) is 5.99. The molecule has 6 heteroatoms. The van der Waals surface area contributed by atoms with Gasteiger partial charge in [0.05, 0.1) is 4.90 Å². The molecule has 0 aliphatic rings. The lowest BCUT2D eigenvalue weighted by Gasteiger charge is -2.08. The molecule has 1 N–H and O–H groups in total. The van der Waals surface area contributed by atoms with E-state index in [-0.39, 0.29) is 10.7 Å². The Bertz CT molecular complexity index is 1240. The molecule has 0 spiro atoms. The summed E-state index contributed by atoms with van der Waals surface area (Å²) in [7, 11) is -3.80. The van der Waals surface area contributed by atoms with Crippen LogP contribution in [0.1, 0.15) is 22.6 Å². The predicted octanol–water partition coefficient (Wildman–Crippen LogP) is 5.35. The third-order valence-electron chi connectivity index (χ3n) is 4.64. The van der Waals surface area contributed by atoms with Crippen LogP contribution >= 0.6 is 0 Å². The van der Waals surface area contributed by atoms with E-state index >= 15 is 0 Å². The molecule has 4 rings (SSSR count). The fraction of sp³-hybridized carbons (Fsp3) is 0.125. The van der Waals surface area contributed by atoms with Crippen LogP contribution < -0.4 is 4.72 Å². The summed E-state index contributed by atoms with van der Waals surface area (Å²) in [6, 6.07) is 24.0. The topological polar surface area (TPSA) is 72.2 Å². The molecule has 0 atom stereocenters. The molecule has 0 bridgehead atoms. The zero-order valence-electron chi connectivity index (χ0n) is 16.8. The zero-order chi connectivity index (χ0) is 21.1. The largest absolute Gasteiger partial charge is 0.438 e. The number of rotatable bonds is 6. The number of anilines is 1. The van der Waals surface area contributed by atoms with E-state index < -0.39 is 10.0 Å². The molecule has 152 valence electrons. The highest BCUT2D eigenvalue weighted by Crippen LogP contribution is 2.32. The van der Waals surface area contributed by atoms with Gasteiger partial charge in [0.2, 0.25) is 5.89 Å².